The predicted octanol–water partition coefficient (Wildman–Crippen LogP) is 2.44. The molecule has 0 saturated carbocycles. The van der Waals surface area contributed by atoms with Crippen LogP contribution in [0.2, 0.25) is 0 Å². The molecule has 2 aromatic rings. The van der Waals surface area contributed by atoms with Crippen LogP contribution in [0.15, 0.2) is 5.38 Å². The first-order valence-electron chi connectivity index (χ1n) is 7.46. The highest BCUT2D eigenvalue weighted by Crippen LogP contribution is 2.20. The Kier molecular flexibility index (Phi) is 4.10. The molecule has 1 aliphatic rings. The van der Waals surface area contributed by atoms with E-state index in [-0.39, 0.29) is 0 Å². The van der Waals surface area contributed by atoms with Crippen LogP contribution in [0.4, 0.5) is 0 Å². The molecule has 0 aliphatic carbocycles. The fourth-order valence-electron chi connectivity index (χ4n) is 3.04. The maximum Gasteiger partial charge on any atom is 0.194 e. The minimum atomic E-state index is 0.832. The van der Waals surface area contributed by atoms with Gasteiger partial charge in [0.15, 0.2) is 4.96 Å². The number of aryl methyl sites for hydroxylation is 2. The van der Waals surface area contributed by atoms with Crippen LogP contribution < -0.4 is 5.32 Å². The highest BCUT2D eigenvalue weighted by Gasteiger charge is 2.17. The van der Waals surface area contributed by atoms with E-state index in [0.29, 0.717) is 0 Å². The van der Waals surface area contributed by atoms with E-state index in [1.807, 2.05) is 0 Å². The van der Waals surface area contributed by atoms with Crippen molar-refractivity contribution in [1.29, 1.82) is 0 Å². The highest BCUT2D eigenvalue weighted by atomic mass is 32.1. The van der Waals surface area contributed by atoms with Crippen LogP contribution in [-0.4, -0.2) is 41.0 Å². The van der Waals surface area contributed by atoms with Gasteiger partial charge in [-0.2, -0.15) is 0 Å². The van der Waals surface area contributed by atoms with Crippen molar-refractivity contribution in [1.82, 2.24) is 19.6 Å². The third-order valence-electron chi connectivity index (χ3n) is 4.39. The van der Waals surface area contributed by atoms with Crippen LogP contribution in [0.1, 0.15) is 29.9 Å². The van der Waals surface area contributed by atoms with E-state index in [4.69, 9.17) is 0 Å². The number of thiazole rings is 1. The Hall–Kier alpha value is -0.910. The van der Waals surface area contributed by atoms with Crippen LogP contribution in [0, 0.1) is 19.8 Å². The summed E-state index contributed by atoms with van der Waals surface area (Å²) in [5.74, 6) is 0.832. The molecule has 1 aliphatic heterocycles. The fourth-order valence-corrected chi connectivity index (χ4v) is 3.97. The molecule has 20 heavy (non-hydrogen) atoms. The van der Waals surface area contributed by atoms with Crippen LogP contribution in [0.3, 0.4) is 0 Å². The zero-order valence-electron chi connectivity index (χ0n) is 12.6. The zero-order chi connectivity index (χ0) is 14.1. The lowest BCUT2D eigenvalue weighted by molar-refractivity contribution is 0.216. The lowest BCUT2D eigenvalue weighted by Gasteiger charge is -2.29. The third-order valence-corrected chi connectivity index (χ3v) is 5.34. The van der Waals surface area contributed by atoms with Crippen molar-refractivity contribution < 1.29 is 0 Å². The third kappa shape index (κ3) is 2.75. The molecule has 3 rings (SSSR count). The van der Waals surface area contributed by atoms with Crippen molar-refractivity contribution in [2.45, 2.75) is 33.2 Å². The number of nitrogens with zero attached hydrogens (tertiary/aromatic N) is 3. The van der Waals surface area contributed by atoms with Crippen molar-refractivity contribution in [3.05, 3.63) is 22.5 Å². The first-order valence-corrected chi connectivity index (χ1v) is 8.34. The van der Waals surface area contributed by atoms with Crippen molar-refractivity contribution in [2.75, 3.05) is 26.7 Å². The molecule has 0 atom stereocenters. The summed E-state index contributed by atoms with van der Waals surface area (Å²) in [4.78, 5) is 8.19. The van der Waals surface area contributed by atoms with Crippen molar-refractivity contribution in [3.8, 4) is 0 Å². The molecule has 0 bridgehead atoms. The van der Waals surface area contributed by atoms with Gasteiger partial charge in [0.1, 0.15) is 0 Å². The van der Waals surface area contributed by atoms with Gasteiger partial charge in [-0.3, -0.25) is 4.40 Å². The first-order chi connectivity index (χ1) is 9.65. The van der Waals surface area contributed by atoms with Crippen LogP contribution in [0.5, 0.6) is 0 Å². The molecule has 2 aromatic heterocycles. The molecule has 4 nitrogen and oxygen atoms in total. The number of piperidine rings is 1. The normalized spacial score (nSPS) is 18.1. The van der Waals surface area contributed by atoms with Gasteiger partial charge in [-0.25, -0.2) is 4.98 Å². The number of hydrogen-bond acceptors (Lipinski definition) is 4. The zero-order valence-corrected chi connectivity index (χ0v) is 13.5. The van der Waals surface area contributed by atoms with E-state index in [1.54, 1.807) is 11.3 Å². The van der Waals surface area contributed by atoms with Crippen LogP contribution in [-0.2, 0) is 6.54 Å². The summed E-state index contributed by atoms with van der Waals surface area (Å²) in [5, 5.41) is 5.83. The number of rotatable bonds is 4. The van der Waals surface area contributed by atoms with E-state index in [2.05, 4.69) is 45.9 Å². The number of aromatic nitrogens is 2. The van der Waals surface area contributed by atoms with E-state index in [0.717, 1.165) is 29.7 Å². The lowest BCUT2D eigenvalue weighted by atomic mass is 9.97. The maximum atomic E-state index is 4.64. The van der Waals surface area contributed by atoms with Crippen molar-refractivity contribution in [2.24, 2.45) is 5.92 Å². The molecule has 0 amide bonds. The summed E-state index contributed by atoms with van der Waals surface area (Å²) < 4.78 is 2.29. The Bertz CT molecular complexity index is 578. The largest absolute Gasteiger partial charge is 0.311 e. The standard InChI is InChI=1S/C15H24N4S/c1-11-10-20-15-17-12(2)14(19(11)15)9-16-8-13-4-6-18(3)7-5-13/h10,13,16H,4-9H2,1-3H3. The topological polar surface area (TPSA) is 32.6 Å². The van der Waals surface area contributed by atoms with Gasteiger partial charge in [-0.1, -0.05) is 0 Å². The molecule has 1 saturated heterocycles. The Morgan fingerprint density at radius 2 is 2.10 bits per heavy atom. The van der Waals surface area contributed by atoms with Crippen molar-refractivity contribution >= 4 is 16.3 Å². The van der Waals surface area contributed by atoms with E-state index in [9.17, 15) is 0 Å². The number of nitrogens with one attached hydrogen (secondary N) is 1. The van der Waals surface area contributed by atoms with Gasteiger partial charge in [-0.15, -0.1) is 11.3 Å². The van der Waals surface area contributed by atoms with Gasteiger partial charge in [0.25, 0.3) is 0 Å². The Morgan fingerprint density at radius 1 is 1.35 bits per heavy atom. The average Bonchev–Trinajstić information content (AvgIpc) is 2.93. The quantitative estimate of drug-likeness (QED) is 0.939. The summed E-state index contributed by atoms with van der Waals surface area (Å²) >= 11 is 1.73. The number of fused-ring (bicyclic) bond motifs is 1. The second-order valence-electron chi connectivity index (χ2n) is 6.02. The summed E-state index contributed by atoms with van der Waals surface area (Å²) in [6.45, 7) is 8.81. The maximum absolute atomic E-state index is 4.64. The predicted molar refractivity (Wildman–Crippen MR) is 84.5 cm³/mol. The van der Waals surface area contributed by atoms with E-state index >= 15 is 0 Å². The smallest absolute Gasteiger partial charge is 0.194 e. The fraction of sp³-hybridized carbons (Fsp3) is 0.667. The number of hydrogen-bond donors (Lipinski definition) is 1. The summed E-state index contributed by atoms with van der Waals surface area (Å²) in [7, 11) is 2.22. The molecular weight excluding hydrogens is 268 g/mol. The van der Waals surface area contributed by atoms with Crippen LogP contribution >= 0.6 is 11.3 Å². The van der Waals surface area contributed by atoms with Crippen LogP contribution in [0.25, 0.3) is 4.96 Å². The van der Waals surface area contributed by atoms with Gasteiger partial charge in [0.05, 0.1) is 11.4 Å². The summed E-state index contributed by atoms with van der Waals surface area (Å²) in [6, 6.07) is 0. The molecular formula is C15H24N4S. The number of likely N-dealkylation sites (tertiary alicyclic amines) is 1. The minimum Gasteiger partial charge on any atom is -0.311 e. The molecule has 110 valence electrons. The Morgan fingerprint density at radius 3 is 2.85 bits per heavy atom. The molecule has 3 heterocycles. The van der Waals surface area contributed by atoms with E-state index in [1.165, 1.54) is 37.3 Å². The Labute approximate surface area is 124 Å². The molecule has 5 heteroatoms. The summed E-state index contributed by atoms with van der Waals surface area (Å²) in [6.07, 6.45) is 2.64. The highest BCUT2D eigenvalue weighted by molar-refractivity contribution is 7.15. The van der Waals surface area contributed by atoms with Crippen molar-refractivity contribution in [3.63, 3.8) is 0 Å². The van der Waals surface area contributed by atoms with E-state index < -0.39 is 0 Å². The molecule has 0 unspecified atom stereocenters. The van der Waals surface area contributed by atoms with Gasteiger partial charge in [-0.05, 0) is 59.3 Å². The molecule has 1 N–H and O–H groups in total. The van der Waals surface area contributed by atoms with Gasteiger partial charge in [0.2, 0.25) is 0 Å². The van der Waals surface area contributed by atoms with Gasteiger partial charge >= 0.3 is 0 Å². The molecule has 1 fully saturated rings. The number of imidazole rings is 1. The second kappa shape index (κ2) is 5.84. The average molecular weight is 292 g/mol. The molecule has 0 aromatic carbocycles. The molecule has 0 radical (unpaired) electrons. The Balaban J connectivity index is 1.60. The summed E-state index contributed by atoms with van der Waals surface area (Å²) in [5.41, 5.74) is 3.78. The minimum absolute atomic E-state index is 0.832. The lowest BCUT2D eigenvalue weighted by Crippen LogP contribution is -2.35. The monoisotopic (exact) mass is 292 g/mol. The van der Waals surface area contributed by atoms with Gasteiger partial charge in [0, 0.05) is 17.6 Å². The molecule has 0 spiro atoms. The first kappa shape index (κ1) is 14.0. The second-order valence-corrected chi connectivity index (χ2v) is 6.85. The SMILES string of the molecule is Cc1nc2scc(C)n2c1CNCC1CCN(C)CC1. The van der Waals surface area contributed by atoms with Gasteiger partial charge < -0.3 is 10.2 Å².